The van der Waals surface area contributed by atoms with E-state index in [2.05, 4.69) is 20.6 Å². The first-order valence-electron chi connectivity index (χ1n) is 5.05. The molecule has 16 heavy (non-hydrogen) atoms. The van der Waals surface area contributed by atoms with Crippen molar-refractivity contribution in [2.45, 2.75) is 18.5 Å². The molecule has 1 atom stereocenters. The predicted molar refractivity (Wildman–Crippen MR) is 57.0 cm³/mol. The van der Waals surface area contributed by atoms with Crippen LogP contribution in [0.4, 0.5) is 0 Å². The normalized spacial score (nSPS) is 22.8. The number of hydrogen-bond donors (Lipinski definition) is 4. The maximum absolute atomic E-state index is 11.6. The van der Waals surface area contributed by atoms with E-state index in [4.69, 9.17) is 10.2 Å². The van der Waals surface area contributed by atoms with Crippen LogP contribution in [0.3, 0.4) is 0 Å². The van der Waals surface area contributed by atoms with Gasteiger partial charge in [-0.05, 0) is 0 Å². The number of rotatable bonds is 5. The van der Waals surface area contributed by atoms with Gasteiger partial charge in [0.05, 0.1) is 31.0 Å². The molecule has 1 rings (SSSR count). The fraction of sp³-hybridized carbons (Fsp3) is 0.778. The first-order chi connectivity index (χ1) is 7.71. The molecule has 0 spiro atoms. The summed E-state index contributed by atoms with van der Waals surface area (Å²) < 4.78 is 0. The number of aliphatic hydroxyl groups excluding tert-OH is 2. The van der Waals surface area contributed by atoms with Gasteiger partial charge in [-0.2, -0.15) is 0 Å². The molecule has 0 aromatic rings. The lowest BCUT2D eigenvalue weighted by atomic mass is 10.2. The van der Waals surface area contributed by atoms with E-state index in [0.717, 1.165) is 5.71 Å². The first-order valence-corrected chi connectivity index (χ1v) is 5.05. The van der Waals surface area contributed by atoms with E-state index in [1.807, 2.05) is 0 Å². The maximum atomic E-state index is 11.6. The molecule has 0 aromatic carbocycles. The minimum atomic E-state index is -0.613. The standard InChI is InChI=1S/C9H17N3O4/c1-16-12-6-2-8(10-3-6)9(15)11-7(4-13)5-14/h7-8,10,13-14H,2-5H2,1H3,(H,11,15). The summed E-state index contributed by atoms with van der Waals surface area (Å²) in [4.78, 5) is 16.2. The molecule has 7 nitrogen and oxygen atoms in total. The number of oxime groups is 1. The van der Waals surface area contributed by atoms with Crippen molar-refractivity contribution in [1.82, 2.24) is 10.6 Å². The van der Waals surface area contributed by atoms with E-state index in [-0.39, 0.29) is 25.2 Å². The molecule has 1 saturated heterocycles. The Morgan fingerprint density at radius 1 is 1.69 bits per heavy atom. The van der Waals surface area contributed by atoms with Gasteiger partial charge < -0.3 is 25.7 Å². The highest BCUT2D eigenvalue weighted by Crippen LogP contribution is 2.04. The van der Waals surface area contributed by atoms with E-state index < -0.39 is 6.04 Å². The van der Waals surface area contributed by atoms with E-state index in [1.165, 1.54) is 7.11 Å². The molecule has 1 heterocycles. The quantitative estimate of drug-likeness (QED) is 0.403. The second kappa shape index (κ2) is 6.41. The first kappa shape index (κ1) is 12.9. The second-order valence-corrected chi connectivity index (χ2v) is 3.55. The van der Waals surface area contributed by atoms with E-state index >= 15 is 0 Å². The van der Waals surface area contributed by atoms with Crippen LogP contribution in [-0.4, -0.2) is 60.8 Å². The van der Waals surface area contributed by atoms with Crippen molar-refractivity contribution >= 4 is 11.6 Å². The highest BCUT2D eigenvalue weighted by molar-refractivity contribution is 5.96. The Labute approximate surface area is 93.5 Å². The van der Waals surface area contributed by atoms with Gasteiger partial charge in [-0.3, -0.25) is 4.79 Å². The SMILES string of the molecule is CON=C1CNC(C(=O)NC(CO)CO)C1. The Hall–Kier alpha value is -1.18. The van der Waals surface area contributed by atoms with Crippen LogP contribution < -0.4 is 10.6 Å². The highest BCUT2D eigenvalue weighted by atomic mass is 16.6. The van der Waals surface area contributed by atoms with Crippen LogP contribution in [-0.2, 0) is 9.63 Å². The molecule has 0 radical (unpaired) electrons. The summed E-state index contributed by atoms with van der Waals surface area (Å²) in [7, 11) is 1.45. The zero-order chi connectivity index (χ0) is 12.0. The van der Waals surface area contributed by atoms with Crippen molar-refractivity contribution in [2.75, 3.05) is 26.9 Å². The van der Waals surface area contributed by atoms with Crippen LogP contribution in [0.2, 0.25) is 0 Å². The largest absolute Gasteiger partial charge is 0.399 e. The third-order valence-electron chi connectivity index (χ3n) is 2.32. The lowest BCUT2D eigenvalue weighted by Gasteiger charge is -2.16. The van der Waals surface area contributed by atoms with Crippen molar-refractivity contribution < 1.29 is 19.8 Å². The Morgan fingerprint density at radius 3 is 2.94 bits per heavy atom. The monoisotopic (exact) mass is 231 g/mol. The van der Waals surface area contributed by atoms with Crippen LogP contribution in [0.15, 0.2) is 5.16 Å². The molecule has 0 aromatic heterocycles. The zero-order valence-electron chi connectivity index (χ0n) is 9.14. The summed E-state index contributed by atoms with van der Waals surface area (Å²) in [5.41, 5.74) is 0.771. The molecule has 0 saturated carbocycles. The Kier molecular flexibility index (Phi) is 5.17. The topological polar surface area (TPSA) is 103 Å². The molecular weight excluding hydrogens is 214 g/mol. The minimum absolute atomic E-state index is 0.255. The Balaban J connectivity index is 2.42. The third-order valence-corrected chi connectivity index (χ3v) is 2.32. The van der Waals surface area contributed by atoms with Crippen LogP contribution in [0.5, 0.6) is 0 Å². The van der Waals surface area contributed by atoms with Gasteiger partial charge in [0, 0.05) is 13.0 Å². The number of hydrogen-bond acceptors (Lipinski definition) is 6. The molecule has 1 fully saturated rings. The third kappa shape index (κ3) is 3.44. The molecular formula is C9H17N3O4. The van der Waals surface area contributed by atoms with E-state index in [9.17, 15) is 4.79 Å². The van der Waals surface area contributed by atoms with Crippen molar-refractivity contribution in [3.8, 4) is 0 Å². The summed E-state index contributed by atoms with van der Waals surface area (Å²) >= 11 is 0. The van der Waals surface area contributed by atoms with Crippen LogP contribution >= 0.6 is 0 Å². The van der Waals surface area contributed by atoms with Gasteiger partial charge in [-0.1, -0.05) is 5.16 Å². The van der Waals surface area contributed by atoms with Gasteiger partial charge in [-0.15, -0.1) is 0 Å². The lowest BCUT2D eigenvalue weighted by Crippen LogP contribution is -2.47. The van der Waals surface area contributed by atoms with E-state index in [0.29, 0.717) is 13.0 Å². The number of aliphatic hydroxyl groups is 2. The molecule has 92 valence electrons. The summed E-state index contributed by atoms with van der Waals surface area (Å²) in [6.45, 7) is -0.0587. The van der Waals surface area contributed by atoms with Gasteiger partial charge >= 0.3 is 0 Å². The summed E-state index contributed by atoms with van der Waals surface area (Å²) in [5, 5.41) is 26.9. The van der Waals surface area contributed by atoms with Crippen LogP contribution in [0, 0.1) is 0 Å². The second-order valence-electron chi connectivity index (χ2n) is 3.55. The lowest BCUT2D eigenvalue weighted by molar-refractivity contribution is -0.124. The van der Waals surface area contributed by atoms with Crippen molar-refractivity contribution in [3.05, 3.63) is 0 Å². The molecule has 1 aliphatic heterocycles. The fourth-order valence-corrected chi connectivity index (χ4v) is 1.46. The number of nitrogens with zero attached hydrogens (tertiary/aromatic N) is 1. The van der Waals surface area contributed by atoms with E-state index in [1.54, 1.807) is 0 Å². The maximum Gasteiger partial charge on any atom is 0.237 e. The summed E-state index contributed by atoms with van der Waals surface area (Å²) in [6.07, 6.45) is 0.475. The number of carbonyl (C=O) groups excluding carboxylic acids is 1. The Bertz CT molecular complexity index is 265. The average molecular weight is 231 g/mol. The van der Waals surface area contributed by atoms with Gasteiger partial charge in [0.25, 0.3) is 0 Å². The minimum Gasteiger partial charge on any atom is -0.399 e. The van der Waals surface area contributed by atoms with Gasteiger partial charge in [0.1, 0.15) is 7.11 Å². The smallest absolute Gasteiger partial charge is 0.237 e. The molecule has 4 N–H and O–H groups in total. The Morgan fingerprint density at radius 2 is 2.38 bits per heavy atom. The molecule has 0 bridgehead atoms. The number of carbonyl (C=O) groups is 1. The van der Waals surface area contributed by atoms with Crippen LogP contribution in [0.1, 0.15) is 6.42 Å². The molecule has 7 heteroatoms. The van der Waals surface area contributed by atoms with Crippen LogP contribution in [0.25, 0.3) is 0 Å². The van der Waals surface area contributed by atoms with Gasteiger partial charge in [0.15, 0.2) is 0 Å². The highest BCUT2D eigenvalue weighted by Gasteiger charge is 2.27. The summed E-state index contributed by atoms with van der Waals surface area (Å²) in [5.74, 6) is -0.255. The predicted octanol–water partition coefficient (Wildman–Crippen LogP) is -2.18. The summed E-state index contributed by atoms with van der Waals surface area (Å²) in [6, 6.07) is -0.993. The van der Waals surface area contributed by atoms with Crippen molar-refractivity contribution in [1.29, 1.82) is 0 Å². The molecule has 1 amide bonds. The number of nitrogens with one attached hydrogen (secondary N) is 2. The fourth-order valence-electron chi connectivity index (χ4n) is 1.46. The molecule has 0 aliphatic carbocycles. The van der Waals surface area contributed by atoms with Gasteiger partial charge in [0.2, 0.25) is 5.91 Å². The van der Waals surface area contributed by atoms with Gasteiger partial charge in [-0.25, -0.2) is 0 Å². The average Bonchev–Trinajstić information content (AvgIpc) is 2.74. The van der Waals surface area contributed by atoms with Crippen molar-refractivity contribution in [3.63, 3.8) is 0 Å². The van der Waals surface area contributed by atoms with Crippen molar-refractivity contribution in [2.24, 2.45) is 5.16 Å². The number of amides is 1. The molecule has 1 unspecified atom stereocenters. The molecule has 1 aliphatic rings. The zero-order valence-corrected chi connectivity index (χ0v) is 9.14.